The number of carbonyl (C=O) groups excluding carboxylic acids is 2. The molecule has 0 spiro atoms. The van der Waals surface area contributed by atoms with Crippen LogP contribution in [0.5, 0.6) is 5.75 Å². The maximum Gasteiger partial charge on any atom is 0.295 e. The van der Waals surface area contributed by atoms with Gasteiger partial charge in [-0.3, -0.25) is 14.6 Å². The highest BCUT2D eigenvalue weighted by Crippen LogP contribution is 2.39. The van der Waals surface area contributed by atoms with Crippen LogP contribution in [0.25, 0.3) is 5.76 Å². The average Bonchev–Trinajstić information content (AvgIpc) is 3.03. The number of ketones is 1. The average molecular weight is 439 g/mol. The predicted molar refractivity (Wildman–Crippen MR) is 121 cm³/mol. The molecule has 7 nitrogen and oxygen atoms in total. The summed E-state index contributed by atoms with van der Waals surface area (Å²) in [6.07, 6.45) is 3.90. The van der Waals surface area contributed by atoms with Crippen molar-refractivity contribution in [3.05, 3.63) is 65.0 Å². The first kappa shape index (κ1) is 23.5. The Kier molecular flexibility index (Phi) is 7.64. The summed E-state index contributed by atoms with van der Waals surface area (Å²) in [7, 11) is 0. The molecule has 0 saturated carbocycles. The van der Waals surface area contributed by atoms with Crippen molar-refractivity contribution in [2.75, 3.05) is 19.8 Å². The third-order valence-electron chi connectivity index (χ3n) is 5.28. The fraction of sp³-hybridized carbons (Fsp3) is 0.400. The Morgan fingerprint density at radius 2 is 2.03 bits per heavy atom. The van der Waals surface area contributed by atoms with Crippen molar-refractivity contribution >= 4 is 17.4 Å². The van der Waals surface area contributed by atoms with E-state index >= 15 is 0 Å². The number of ether oxygens (including phenoxy) is 2. The molecule has 0 radical (unpaired) electrons. The van der Waals surface area contributed by atoms with Gasteiger partial charge in [-0.1, -0.05) is 6.07 Å². The molecule has 0 aliphatic carbocycles. The molecular formula is C25H30N2O5. The van der Waals surface area contributed by atoms with E-state index in [0.717, 1.165) is 5.56 Å². The molecule has 7 heteroatoms. The van der Waals surface area contributed by atoms with Gasteiger partial charge in [-0.25, -0.2) is 0 Å². The van der Waals surface area contributed by atoms with E-state index in [0.29, 0.717) is 43.1 Å². The lowest BCUT2D eigenvalue weighted by Crippen LogP contribution is -2.31. The molecule has 1 N–H and O–H groups in total. The van der Waals surface area contributed by atoms with E-state index in [1.807, 2.05) is 27.7 Å². The molecule has 0 bridgehead atoms. The molecular weight excluding hydrogens is 408 g/mol. The maximum atomic E-state index is 13.0. The lowest BCUT2D eigenvalue weighted by molar-refractivity contribution is -0.140. The number of amides is 1. The Hall–Kier alpha value is -3.19. The summed E-state index contributed by atoms with van der Waals surface area (Å²) in [5.74, 6) is -0.831. The van der Waals surface area contributed by atoms with Gasteiger partial charge in [0.2, 0.25) is 0 Å². The summed E-state index contributed by atoms with van der Waals surface area (Å²) in [6, 6.07) is 8.04. The number of hydrogen-bond donors (Lipinski definition) is 1. The van der Waals surface area contributed by atoms with E-state index in [-0.39, 0.29) is 17.4 Å². The summed E-state index contributed by atoms with van der Waals surface area (Å²) < 4.78 is 11.2. The van der Waals surface area contributed by atoms with Gasteiger partial charge >= 0.3 is 0 Å². The minimum absolute atomic E-state index is 0.0661. The number of carbonyl (C=O) groups is 2. The van der Waals surface area contributed by atoms with Crippen molar-refractivity contribution in [2.24, 2.45) is 0 Å². The fourth-order valence-electron chi connectivity index (χ4n) is 3.82. The van der Waals surface area contributed by atoms with Gasteiger partial charge in [-0.15, -0.1) is 0 Å². The molecule has 1 aromatic heterocycles. The highest BCUT2D eigenvalue weighted by molar-refractivity contribution is 6.46. The Bertz CT molecular complexity index is 1000. The first-order chi connectivity index (χ1) is 15.3. The Morgan fingerprint density at radius 1 is 1.25 bits per heavy atom. The van der Waals surface area contributed by atoms with E-state index < -0.39 is 17.7 Å². The summed E-state index contributed by atoms with van der Waals surface area (Å²) in [5.41, 5.74) is 2.02. The van der Waals surface area contributed by atoms with E-state index in [9.17, 15) is 14.7 Å². The number of nitrogens with zero attached hydrogens (tertiary/aromatic N) is 2. The van der Waals surface area contributed by atoms with Crippen LogP contribution in [-0.2, 0) is 14.3 Å². The second-order valence-electron chi connectivity index (χ2n) is 7.97. The van der Waals surface area contributed by atoms with E-state index in [1.165, 1.54) is 4.90 Å². The topological polar surface area (TPSA) is 89.0 Å². The Labute approximate surface area is 188 Å². The maximum absolute atomic E-state index is 13.0. The van der Waals surface area contributed by atoms with Gasteiger partial charge in [-0.2, -0.15) is 0 Å². The largest absolute Gasteiger partial charge is 0.507 e. The number of rotatable bonds is 9. The van der Waals surface area contributed by atoms with Gasteiger partial charge in [-0.05, 0) is 69.5 Å². The van der Waals surface area contributed by atoms with E-state index in [2.05, 4.69) is 4.98 Å². The van der Waals surface area contributed by atoms with Crippen LogP contribution in [0.3, 0.4) is 0 Å². The zero-order valence-corrected chi connectivity index (χ0v) is 19.0. The summed E-state index contributed by atoms with van der Waals surface area (Å²) in [6.45, 7) is 8.98. The van der Waals surface area contributed by atoms with Crippen LogP contribution in [-0.4, -0.2) is 52.5 Å². The quantitative estimate of drug-likeness (QED) is 0.275. The molecule has 3 rings (SSSR count). The van der Waals surface area contributed by atoms with Gasteiger partial charge in [0, 0.05) is 31.1 Å². The summed E-state index contributed by atoms with van der Waals surface area (Å²) in [5, 5.41) is 11.1. The molecule has 1 atom stereocenters. The highest BCUT2D eigenvalue weighted by atomic mass is 16.5. The number of pyridine rings is 1. The third-order valence-corrected chi connectivity index (χ3v) is 5.28. The zero-order chi connectivity index (χ0) is 23.3. The molecule has 1 fully saturated rings. The number of hydrogen-bond acceptors (Lipinski definition) is 6. The first-order valence-electron chi connectivity index (χ1n) is 10.9. The molecule has 1 aromatic carbocycles. The van der Waals surface area contributed by atoms with Crippen LogP contribution in [0.2, 0.25) is 0 Å². The number of aliphatic hydroxyl groups is 1. The molecule has 1 amide bonds. The highest BCUT2D eigenvalue weighted by Gasteiger charge is 2.45. The third kappa shape index (κ3) is 4.99. The Morgan fingerprint density at radius 3 is 2.66 bits per heavy atom. The van der Waals surface area contributed by atoms with Gasteiger partial charge in [0.05, 0.1) is 24.3 Å². The van der Waals surface area contributed by atoms with Gasteiger partial charge in [0.1, 0.15) is 11.5 Å². The first-order valence-corrected chi connectivity index (χ1v) is 10.9. The fourth-order valence-corrected chi connectivity index (χ4v) is 3.82. The summed E-state index contributed by atoms with van der Waals surface area (Å²) >= 11 is 0. The molecule has 170 valence electrons. The normalized spacial score (nSPS) is 17.9. The van der Waals surface area contributed by atoms with Crippen molar-refractivity contribution in [2.45, 2.75) is 46.3 Å². The monoisotopic (exact) mass is 438 g/mol. The van der Waals surface area contributed by atoms with E-state index in [4.69, 9.17) is 9.47 Å². The standard InChI is InChI=1S/C25H30N2O5/c1-5-31-20-10-9-18(14-17(20)4)23(28)21-22(19-8-6-11-26-15-19)27(25(30)24(21)29)12-7-13-32-16(2)3/h6,8-11,14-16,22,28H,5,7,12-13H2,1-4H3/b23-21-. The molecule has 1 aliphatic heterocycles. The summed E-state index contributed by atoms with van der Waals surface area (Å²) in [4.78, 5) is 31.6. The zero-order valence-electron chi connectivity index (χ0n) is 19.0. The lowest BCUT2D eigenvalue weighted by Gasteiger charge is -2.25. The number of aliphatic hydroxyl groups excluding tert-OH is 1. The Balaban J connectivity index is 2.01. The van der Waals surface area contributed by atoms with Crippen LogP contribution >= 0.6 is 0 Å². The van der Waals surface area contributed by atoms with Crippen molar-refractivity contribution in [3.63, 3.8) is 0 Å². The molecule has 2 heterocycles. The number of Topliss-reactive ketones (excluding diaryl/α,β-unsaturated/α-hetero) is 1. The van der Waals surface area contributed by atoms with Crippen LogP contribution < -0.4 is 4.74 Å². The second kappa shape index (κ2) is 10.4. The van der Waals surface area contributed by atoms with E-state index in [1.54, 1.807) is 42.7 Å². The molecule has 1 saturated heterocycles. The van der Waals surface area contributed by atoms with Gasteiger partial charge in [0.25, 0.3) is 11.7 Å². The number of likely N-dealkylation sites (tertiary alicyclic amines) is 1. The van der Waals surface area contributed by atoms with Crippen LogP contribution in [0.1, 0.15) is 49.9 Å². The molecule has 1 aliphatic rings. The van der Waals surface area contributed by atoms with Crippen molar-refractivity contribution in [3.8, 4) is 5.75 Å². The molecule has 1 unspecified atom stereocenters. The SMILES string of the molecule is CCOc1ccc(/C(O)=C2/C(=O)C(=O)N(CCCOC(C)C)C2c2cccnc2)cc1C. The van der Waals surface area contributed by atoms with Crippen molar-refractivity contribution in [1.29, 1.82) is 0 Å². The number of aryl methyl sites for hydroxylation is 1. The molecule has 32 heavy (non-hydrogen) atoms. The second-order valence-corrected chi connectivity index (χ2v) is 7.97. The number of aromatic nitrogens is 1. The van der Waals surface area contributed by atoms with Gasteiger partial charge < -0.3 is 19.5 Å². The van der Waals surface area contributed by atoms with Crippen molar-refractivity contribution in [1.82, 2.24) is 9.88 Å². The van der Waals surface area contributed by atoms with Crippen molar-refractivity contribution < 1.29 is 24.2 Å². The van der Waals surface area contributed by atoms with Gasteiger partial charge in [0.15, 0.2) is 0 Å². The van der Waals surface area contributed by atoms with Crippen LogP contribution in [0, 0.1) is 6.92 Å². The van der Waals surface area contributed by atoms with Crippen LogP contribution in [0.15, 0.2) is 48.3 Å². The van der Waals surface area contributed by atoms with Crippen LogP contribution in [0.4, 0.5) is 0 Å². The number of benzene rings is 1. The molecule has 2 aromatic rings. The smallest absolute Gasteiger partial charge is 0.295 e. The minimum Gasteiger partial charge on any atom is -0.507 e. The predicted octanol–water partition coefficient (Wildman–Crippen LogP) is 4.03. The lowest BCUT2D eigenvalue weighted by atomic mass is 9.95. The minimum atomic E-state index is -0.713.